The summed E-state index contributed by atoms with van der Waals surface area (Å²) >= 11 is 3.86. The Morgan fingerprint density at radius 1 is 0.714 bits per heavy atom. The van der Waals surface area contributed by atoms with Gasteiger partial charge in [0.2, 0.25) is 0 Å². The van der Waals surface area contributed by atoms with Gasteiger partial charge in [-0.15, -0.1) is 0 Å². The molecule has 226 valence electrons. The quantitative estimate of drug-likeness (QED) is 0.191. The van der Waals surface area contributed by atoms with Gasteiger partial charge in [-0.05, 0) is 72.6 Å². The zero-order valence-corrected chi connectivity index (χ0v) is 28.4. The number of halogens is 1. The molecule has 0 fully saturated rings. The fourth-order valence-electron chi connectivity index (χ4n) is 4.60. The van der Waals surface area contributed by atoms with Crippen LogP contribution in [0.1, 0.15) is 96.0 Å². The van der Waals surface area contributed by atoms with Crippen LogP contribution in [0, 0.1) is 0 Å². The number of methoxy groups -OCH3 is 2. The summed E-state index contributed by atoms with van der Waals surface area (Å²) in [6.07, 6.45) is 1.51. The largest absolute Gasteiger partial charge is 0.514 e. The molecule has 0 aliphatic carbocycles. The third-order valence-electron chi connectivity index (χ3n) is 6.82. The van der Waals surface area contributed by atoms with Gasteiger partial charge in [0.15, 0.2) is 0 Å². The Morgan fingerprint density at radius 2 is 1.17 bits per heavy atom. The van der Waals surface area contributed by atoms with E-state index in [0.29, 0.717) is 5.75 Å². The summed E-state index contributed by atoms with van der Waals surface area (Å²) in [4.78, 5) is 13.0. The van der Waals surface area contributed by atoms with Gasteiger partial charge in [-0.2, -0.15) is 0 Å². The minimum Gasteiger partial charge on any atom is -0.497 e. The number of rotatable bonds is 7. The van der Waals surface area contributed by atoms with Gasteiger partial charge in [-0.25, -0.2) is 4.79 Å². The fourth-order valence-corrected chi connectivity index (χ4v) is 5.13. The van der Waals surface area contributed by atoms with Crippen molar-refractivity contribution in [2.24, 2.45) is 0 Å². The Labute approximate surface area is 260 Å². The monoisotopic (exact) mass is 636 g/mol. The van der Waals surface area contributed by atoms with Crippen LogP contribution in [-0.4, -0.2) is 26.0 Å². The molecule has 0 heterocycles. The lowest BCUT2D eigenvalue weighted by atomic mass is 9.76. The Kier molecular flexibility index (Phi) is 10.3. The molecule has 0 spiro atoms. The van der Waals surface area contributed by atoms with Crippen LogP contribution in [0.4, 0.5) is 4.79 Å². The first-order chi connectivity index (χ1) is 19.4. The van der Waals surface area contributed by atoms with Gasteiger partial charge in [0, 0.05) is 21.5 Å². The highest BCUT2D eigenvalue weighted by Gasteiger charge is 2.32. The molecular weight excluding hydrogens is 592 g/mol. The second-order valence-corrected chi connectivity index (χ2v) is 14.4. The van der Waals surface area contributed by atoms with Crippen molar-refractivity contribution >= 4 is 26.6 Å². The molecule has 0 saturated heterocycles. The van der Waals surface area contributed by atoms with Crippen molar-refractivity contribution in [2.75, 3.05) is 14.2 Å². The van der Waals surface area contributed by atoms with Crippen molar-refractivity contribution in [1.82, 2.24) is 0 Å². The maximum absolute atomic E-state index is 13.0. The lowest BCUT2D eigenvalue weighted by Crippen LogP contribution is -2.28. The Balaban J connectivity index is 2.29. The molecule has 0 saturated carbocycles. The van der Waals surface area contributed by atoms with E-state index in [1.807, 2.05) is 57.2 Å². The lowest BCUT2D eigenvalue weighted by molar-refractivity contribution is 0.0199. The second kappa shape index (κ2) is 12.9. The fraction of sp³-hybridized carbons (Fsp3) is 0.417. The summed E-state index contributed by atoms with van der Waals surface area (Å²) in [5.41, 5.74) is 3.76. The van der Waals surface area contributed by atoms with E-state index in [1.54, 1.807) is 14.2 Å². The van der Waals surface area contributed by atoms with Crippen molar-refractivity contribution in [3.8, 4) is 17.2 Å². The minimum absolute atomic E-state index is 0.120. The summed E-state index contributed by atoms with van der Waals surface area (Å²) < 4.78 is 23.4. The summed E-state index contributed by atoms with van der Waals surface area (Å²) in [5.74, 6) is 2.03. The van der Waals surface area contributed by atoms with Gasteiger partial charge in [0.25, 0.3) is 0 Å². The molecule has 6 heteroatoms. The van der Waals surface area contributed by atoms with Crippen LogP contribution >= 0.6 is 15.9 Å². The molecule has 0 amide bonds. The van der Waals surface area contributed by atoms with E-state index in [0.717, 1.165) is 43.8 Å². The highest BCUT2D eigenvalue weighted by Crippen LogP contribution is 2.44. The molecule has 3 aromatic rings. The van der Waals surface area contributed by atoms with Crippen LogP contribution in [0.5, 0.6) is 17.2 Å². The first kappa shape index (κ1) is 33.3. The van der Waals surface area contributed by atoms with Crippen molar-refractivity contribution in [2.45, 2.75) is 84.7 Å². The third kappa shape index (κ3) is 8.64. The normalized spacial score (nSPS) is 13.4. The highest BCUT2D eigenvalue weighted by atomic mass is 79.9. The van der Waals surface area contributed by atoms with Gasteiger partial charge in [-0.3, -0.25) is 0 Å². The second-order valence-electron chi connectivity index (χ2n) is 13.5. The average Bonchev–Trinajstić information content (AvgIpc) is 2.89. The topological polar surface area (TPSA) is 54.0 Å². The lowest BCUT2D eigenvalue weighted by Gasteiger charge is -2.31. The van der Waals surface area contributed by atoms with E-state index in [9.17, 15) is 4.79 Å². The number of hydrogen-bond donors (Lipinski definition) is 0. The van der Waals surface area contributed by atoms with Crippen molar-refractivity contribution in [3.05, 3.63) is 94.6 Å². The van der Waals surface area contributed by atoms with Gasteiger partial charge in [0.1, 0.15) is 22.8 Å². The number of benzene rings is 3. The number of ether oxygens (including phenoxy) is 4. The average molecular weight is 638 g/mol. The molecule has 1 atom stereocenters. The van der Waals surface area contributed by atoms with E-state index in [1.165, 1.54) is 0 Å². The number of carbonyl (C=O) groups is 1. The number of hydrogen-bond acceptors (Lipinski definition) is 5. The molecule has 0 N–H and O–H groups in total. The summed E-state index contributed by atoms with van der Waals surface area (Å²) in [6, 6.07) is 20.4. The van der Waals surface area contributed by atoms with Crippen LogP contribution < -0.4 is 14.2 Å². The highest BCUT2D eigenvalue weighted by molar-refractivity contribution is 9.15. The molecule has 0 aromatic heterocycles. The molecule has 42 heavy (non-hydrogen) atoms. The zero-order valence-electron chi connectivity index (χ0n) is 26.8. The van der Waals surface area contributed by atoms with E-state index in [-0.39, 0.29) is 16.7 Å². The van der Waals surface area contributed by atoms with Crippen LogP contribution in [-0.2, 0) is 15.6 Å². The minimum atomic E-state index is -0.708. The van der Waals surface area contributed by atoms with Gasteiger partial charge >= 0.3 is 6.16 Å². The van der Waals surface area contributed by atoms with Crippen molar-refractivity contribution < 1.29 is 23.7 Å². The Morgan fingerprint density at radius 3 is 1.57 bits per heavy atom. The van der Waals surface area contributed by atoms with E-state index >= 15 is 0 Å². The zero-order chi connectivity index (χ0) is 31.5. The molecular formula is C36H45BrO5. The summed E-state index contributed by atoms with van der Waals surface area (Å²) in [6.45, 7) is 18.3. The van der Waals surface area contributed by atoms with Crippen LogP contribution in [0.3, 0.4) is 0 Å². The molecule has 0 aliphatic heterocycles. The summed E-state index contributed by atoms with van der Waals surface area (Å²) in [7, 11) is 3.33. The summed E-state index contributed by atoms with van der Waals surface area (Å²) in [5, 5.41) is 0. The smallest absolute Gasteiger partial charge is 0.497 e. The SMILES string of the molecule is COc1ccc(C(Br)=CC(c2ccc(OC)cc2)c2cc(C(C)(C)C)c(OC(=O)OC(C)(C)C)c(C(C)(C)C)c2)cc1. The number of allylic oxidation sites excluding steroid dienone is 1. The first-order valence-electron chi connectivity index (χ1n) is 14.2. The van der Waals surface area contributed by atoms with Crippen molar-refractivity contribution in [1.29, 1.82) is 0 Å². The predicted molar refractivity (Wildman–Crippen MR) is 175 cm³/mol. The van der Waals surface area contributed by atoms with E-state index in [2.05, 4.69) is 87.8 Å². The maximum atomic E-state index is 13.0. The number of carbonyl (C=O) groups excluding carboxylic acids is 1. The van der Waals surface area contributed by atoms with Gasteiger partial charge in [0.05, 0.1) is 14.2 Å². The van der Waals surface area contributed by atoms with E-state index in [4.69, 9.17) is 18.9 Å². The molecule has 0 radical (unpaired) electrons. The molecule has 3 aromatic carbocycles. The molecule has 0 bridgehead atoms. The maximum Gasteiger partial charge on any atom is 0.514 e. The van der Waals surface area contributed by atoms with Crippen LogP contribution in [0.25, 0.3) is 4.48 Å². The Hall–Kier alpha value is -3.25. The molecule has 5 nitrogen and oxygen atoms in total. The third-order valence-corrected chi connectivity index (χ3v) is 7.54. The standard InChI is InChI=1S/C36H45BrO5/c1-34(2,3)29-20-25(21-30(35(4,5)6)32(29)41-33(38)42-36(7,8)9)28(23-12-16-26(39-10)17-13-23)22-31(37)24-14-18-27(40-11)19-15-24/h12-22,28H,1-11H3. The van der Waals surface area contributed by atoms with Gasteiger partial charge < -0.3 is 18.9 Å². The first-order valence-corrected chi connectivity index (χ1v) is 15.0. The van der Waals surface area contributed by atoms with Gasteiger partial charge in [-0.1, -0.05) is 99.9 Å². The molecule has 3 rings (SSSR count). The predicted octanol–water partition coefficient (Wildman–Crippen LogP) is 10.2. The molecule has 0 aliphatic rings. The van der Waals surface area contributed by atoms with Crippen molar-refractivity contribution in [3.63, 3.8) is 0 Å². The van der Waals surface area contributed by atoms with E-state index < -0.39 is 11.8 Å². The Bertz CT molecular complexity index is 1360. The molecule has 1 unspecified atom stereocenters. The van der Waals surface area contributed by atoms with Crippen LogP contribution in [0.15, 0.2) is 66.7 Å². The van der Waals surface area contributed by atoms with Crippen LogP contribution in [0.2, 0.25) is 0 Å².